The molecule has 1 saturated heterocycles. The van der Waals surface area contributed by atoms with Crippen LogP contribution in [0.3, 0.4) is 0 Å². The largest absolute Gasteiger partial charge is 0.343 e. The first-order chi connectivity index (χ1) is 7.17. The van der Waals surface area contributed by atoms with E-state index in [1.54, 1.807) is 0 Å². The zero-order valence-electron chi connectivity index (χ0n) is 8.37. The van der Waals surface area contributed by atoms with Crippen LogP contribution < -0.4 is 0 Å². The van der Waals surface area contributed by atoms with Gasteiger partial charge in [-0.3, -0.25) is 0 Å². The zero-order chi connectivity index (χ0) is 10.9. The second-order valence-corrected chi connectivity index (χ2v) is 5.69. The van der Waals surface area contributed by atoms with Crippen molar-refractivity contribution in [2.75, 3.05) is 13.2 Å². The van der Waals surface area contributed by atoms with Crippen LogP contribution in [0, 0.1) is 0 Å². The molecule has 0 radical (unpaired) electrons. The van der Waals surface area contributed by atoms with Crippen LogP contribution in [0.25, 0.3) is 0 Å². The molecule has 1 heterocycles. The summed E-state index contributed by atoms with van der Waals surface area (Å²) in [4.78, 5) is 0.103. The fourth-order valence-electron chi connectivity index (χ4n) is 1.77. The molecule has 0 N–H and O–H groups in total. The Kier molecular flexibility index (Phi) is 3.50. The summed E-state index contributed by atoms with van der Waals surface area (Å²) in [5.41, 5.74) is 1.03. The molecule has 1 fully saturated rings. The third-order valence-corrected chi connectivity index (χ3v) is 3.78. The molecule has 0 saturated carbocycles. The van der Waals surface area contributed by atoms with Gasteiger partial charge in [0.15, 0.2) is 0 Å². The highest BCUT2D eigenvalue weighted by molar-refractivity contribution is 9.10. The minimum atomic E-state index is -0.653. The van der Waals surface area contributed by atoms with Crippen molar-refractivity contribution >= 4 is 31.9 Å². The smallest absolute Gasteiger partial charge is 0.208 e. The van der Waals surface area contributed by atoms with Crippen molar-refractivity contribution in [2.45, 2.75) is 17.5 Å². The van der Waals surface area contributed by atoms with Crippen LogP contribution in [0.2, 0.25) is 0 Å². The molecular formula is C11H12Br2O2. The molecule has 0 amide bonds. The highest BCUT2D eigenvalue weighted by Gasteiger charge is 2.43. The van der Waals surface area contributed by atoms with E-state index in [1.165, 1.54) is 0 Å². The molecule has 82 valence electrons. The number of hydrogen-bond donors (Lipinski definition) is 0. The first-order valence-electron chi connectivity index (χ1n) is 4.84. The Bertz CT molecular complexity index is 346. The van der Waals surface area contributed by atoms with Gasteiger partial charge in [-0.25, -0.2) is 0 Å². The molecule has 0 aromatic heterocycles. The summed E-state index contributed by atoms with van der Waals surface area (Å²) in [6.07, 6.45) is 0. The lowest BCUT2D eigenvalue weighted by Crippen LogP contribution is -2.35. The van der Waals surface area contributed by atoms with E-state index in [2.05, 4.69) is 31.9 Å². The van der Waals surface area contributed by atoms with Crippen LogP contribution in [0.15, 0.2) is 28.7 Å². The highest BCUT2D eigenvalue weighted by Crippen LogP contribution is 2.41. The van der Waals surface area contributed by atoms with Crippen LogP contribution >= 0.6 is 31.9 Å². The van der Waals surface area contributed by atoms with Crippen LogP contribution in [0.5, 0.6) is 0 Å². The summed E-state index contributed by atoms with van der Waals surface area (Å²) in [5, 5.41) is 0. The van der Waals surface area contributed by atoms with Crippen molar-refractivity contribution in [2.24, 2.45) is 0 Å². The zero-order valence-corrected chi connectivity index (χ0v) is 11.5. The van der Waals surface area contributed by atoms with Gasteiger partial charge in [0.25, 0.3) is 0 Å². The average molecular weight is 336 g/mol. The first kappa shape index (κ1) is 11.6. The van der Waals surface area contributed by atoms with Gasteiger partial charge in [0.2, 0.25) is 5.79 Å². The molecule has 1 aliphatic heterocycles. The molecule has 1 aromatic rings. The van der Waals surface area contributed by atoms with Crippen molar-refractivity contribution in [3.63, 3.8) is 0 Å². The van der Waals surface area contributed by atoms with Crippen LogP contribution in [0.1, 0.15) is 12.5 Å². The minimum Gasteiger partial charge on any atom is -0.343 e. The monoisotopic (exact) mass is 334 g/mol. The van der Waals surface area contributed by atoms with Gasteiger partial charge in [-0.2, -0.15) is 0 Å². The Labute approximate surface area is 106 Å². The molecule has 1 aromatic carbocycles. The summed E-state index contributed by atoms with van der Waals surface area (Å²) in [6.45, 7) is 3.30. The quantitative estimate of drug-likeness (QED) is 0.771. The molecule has 4 heteroatoms. The van der Waals surface area contributed by atoms with Gasteiger partial charge in [-0.05, 0) is 13.0 Å². The van der Waals surface area contributed by atoms with Crippen molar-refractivity contribution in [3.8, 4) is 0 Å². The van der Waals surface area contributed by atoms with E-state index in [0.29, 0.717) is 13.2 Å². The Morgan fingerprint density at radius 1 is 1.27 bits per heavy atom. The number of halogens is 2. The number of ether oxygens (including phenoxy) is 2. The molecule has 2 nitrogen and oxygen atoms in total. The number of alkyl halides is 1. The van der Waals surface area contributed by atoms with E-state index in [1.807, 2.05) is 31.2 Å². The first-order valence-corrected chi connectivity index (χ1v) is 6.54. The molecule has 1 unspecified atom stereocenters. The maximum absolute atomic E-state index is 5.77. The SMILES string of the molecule is CC(Br)C1(c2ccccc2Br)OCCO1. The molecular weight excluding hydrogens is 324 g/mol. The van der Waals surface area contributed by atoms with E-state index in [0.717, 1.165) is 10.0 Å². The minimum absolute atomic E-state index is 0.103. The summed E-state index contributed by atoms with van der Waals surface area (Å²) in [6, 6.07) is 7.99. The normalized spacial score (nSPS) is 21.5. The fourth-order valence-corrected chi connectivity index (χ4v) is 2.84. The van der Waals surface area contributed by atoms with Gasteiger partial charge in [0, 0.05) is 10.0 Å². The number of rotatable bonds is 2. The summed E-state index contributed by atoms with van der Waals surface area (Å²) >= 11 is 7.09. The lowest BCUT2D eigenvalue weighted by molar-refractivity contribution is -0.161. The summed E-state index contributed by atoms with van der Waals surface area (Å²) in [7, 11) is 0. The Morgan fingerprint density at radius 3 is 2.40 bits per heavy atom. The van der Waals surface area contributed by atoms with Crippen LogP contribution in [-0.4, -0.2) is 18.0 Å². The summed E-state index contributed by atoms with van der Waals surface area (Å²) < 4.78 is 12.6. The average Bonchev–Trinajstić information content (AvgIpc) is 2.68. The molecule has 0 spiro atoms. The lowest BCUT2D eigenvalue weighted by Gasteiger charge is -2.31. The van der Waals surface area contributed by atoms with Crippen molar-refractivity contribution in [1.29, 1.82) is 0 Å². The molecule has 1 atom stereocenters. The van der Waals surface area contributed by atoms with E-state index < -0.39 is 5.79 Å². The second-order valence-electron chi connectivity index (χ2n) is 3.46. The maximum Gasteiger partial charge on any atom is 0.208 e. The van der Waals surface area contributed by atoms with E-state index >= 15 is 0 Å². The third-order valence-electron chi connectivity index (χ3n) is 2.49. The number of hydrogen-bond acceptors (Lipinski definition) is 2. The second kappa shape index (κ2) is 4.53. The van der Waals surface area contributed by atoms with Crippen molar-refractivity contribution < 1.29 is 9.47 Å². The molecule has 15 heavy (non-hydrogen) atoms. The van der Waals surface area contributed by atoms with Gasteiger partial charge < -0.3 is 9.47 Å². The Balaban J connectivity index is 2.46. The summed E-state index contributed by atoms with van der Waals surface area (Å²) in [5.74, 6) is -0.653. The Hall–Kier alpha value is 0.1000. The number of benzene rings is 1. The van der Waals surface area contributed by atoms with Crippen molar-refractivity contribution in [1.82, 2.24) is 0 Å². The van der Waals surface area contributed by atoms with Gasteiger partial charge in [0.05, 0.1) is 18.0 Å². The van der Waals surface area contributed by atoms with E-state index in [9.17, 15) is 0 Å². The highest BCUT2D eigenvalue weighted by atomic mass is 79.9. The standard InChI is InChI=1S/C11H12Br2O2/c1-8(12)11(14-6-7-15-11)9-4-2-3-5-10(9)13/h2-5,8H,6-7H2,1H3. The topological polar surface area (TPSA) is 18.5 Å². The van der Waals surface area contributed by atoms with Gasteiger partial charge >= 0.3 is 0 Å². The fraction of sp³-hybridized carbons (Fsp3) is 0.455. The molecule has 0 bridgehead atoms. The van der Waals surface area contributed by atoms with Crippen LogP contribution in [-0.2, 0) is 15.3 Å². The third kappa shape index (κ3) is 2.00. The predicted molar refractivity (Wildman–Crippen MR) is 66.1 cm³/mol. The predicted octanol–water partition coefficient (Wildman–Crippen LogP) is 3.43. The van der Waals surface area contributed by atoms with Gasteiger partial charge in [-0.1, -0.05) is 50.1 Å². The van der Waals surface area contributed by atoms with Gasteiger partial charge in [0.1, 0.15) is 0 Å². The van der Waals surface area contributed by atoms with Crippen molar-refractivity contribution in [3.05, 3.63) is 34.3 Å². The molecule has 1 aliphatic rings. The van der Waals surface area contributed by atoms with E-state index in [4.69, 9.17) is 9.47 Å². The molecule has 0 aliphatic carbocycles. The Morgan fingerprint density at radius 2 is 1.87 bits per heavy atom. The lowest BCUT2D eigenvalue weighted by atomic mass is 10.0. The van der Waals surface area contributed by atoms with Gasteiger partial charge in [-0.15, -0.1) is 0 Å². The van der Waals surface area contributed by atoms with Crippen LogP contribution in [0.4, 0.5) is 0 Å². The maximum atomic E-state index is 5.77. The van der Waals surface area contributed by atoms with E-state index in [-0.39, 0.29) is 4.83 Å². The molecule has 2 rings (SSSR count).